The highest BCUT2D eigenvalue weighted by Crippen LogP contribution is 2.44. The molecule has 4 heterocycles. The molecule has 0 aliphatic carbocycles. The Hall–Kier alpha value is -3.44. The Bertz CT molecular complexity index is 1470. The van der Waals surface area contributed by atoms with Crippen molar-refractivity contribution in [2.75, 3.05) is 23.9 Å². The number of nitrogens with one attached hydrogen (secondary N) is 2. The quantitative estimate of drug-likeness (QED) is 0.544. The highest BCUT2D eigenvalue weighted by Gasteiger charge is 2.46. The number of sulfone groups is 1. The third kappa shape index (κ3) is 4.37. The first-order valence-electron chi connectivity index (χ1n) is 10.8. The summed E-state index contributed by atoms with van der Waals surface area (Å²) < 4.78 is 30.5. The molecule has 2 amide bonds. The Balaban J connectivity index is 1.62. The molecule has 1 atom stereocenters. The number of anilines is 1. The maximum Gasteiger partial charge on any atom is 0.257 e. The van der Waals surface area contributed by atoms with Crippen LogP contribution in [0, 0.1) is 6.92 Å². The van der Waals surface area contributed by atoms with E-state index < -0.39 is 32.9 Å². The SMILES string of the molecule is Cc1ccc(-n2nc3c(c2NC(=O)CS(C)(=O)=O)C(=O)N[C@@]2(CCOc4cc(Cl)ccc42)C3)nc1. The lowest BCUT2D eigenvalue weighted by Crippen LogP contribution is -2.53. The Morgan fingerprint density at radius 2 is 2.11 bits per heavy atom. The van der Waals surface area contributed by atoms with Crippen LogP contribution in [-0.4, -0.2) is 53.6 Å². The van der Waals surface area contributed by atoms with Gasteiger partial charge in [-0.05, 0) is 30.7 Å². The van der Waals surface area contributed by atoms with Gasteiger partial charge >= 0.3 is 0 Å². The van der Waals surface area contributed by atoms with Crippen molar-refractivity contribution >= 4 is 39.1 Å². The summed E-state index contributed by atoms with van der Waals surface area (Å²) in [6, 6.07) is 8.81. The van der Waals surface area contributed by atoms with Crippen molar-refractivity contribution in [1.29, 1.82) is 0 Å². The molecule has 0 fully saturated rings. The predicted octanol–water partition coefficient (Wildman–Crippen LogP) is 2.18. The van der Waals surface area contributed by atoms with Gasteiger partial charge in [-0.25, -0.2) is 13.4 Å². The smallest absolute Gasteiger partial charge is 0.257 e. The van der Waals surface area contributed by atoms with E-state index in [0.717, 1.165) is 17.4 Å². The molecule has 1 spiro atoms. The van der Waals surface area contributed by atoms with Crippen LogP contribution in [0.2, 0.25) is 5.02 Å². The monoisotopic (exact) mass is 515 g/mol. The maximum absolute atomic E-state index is 13.5. The zero-order valence-corrected chi connectivity index (χ0v) is 20.5. The second-order valence-electron chi connectivity index (χ2n) is 8.85. The normalized spacial score (nSPS) is 18.9. The molecule has 0 saturated heterocycles. The Kier molecular flexibility index (Phi) is 5.56. The van der Waals surface area contributed by atoms with E-state index in [4.69, 9.17) is 16.3 Å². The van der Waals surface area contributed by atoms with E-state index in [1.54, 1.807) is 24.4 Å². The fourth-order valence-electron chi connectivity index (χ4n) is 4.50. The number of benzene rings is 1. The molecule has 10 nitrogen and oxygen atoms in total. The van der Waals surface area contributed by atoms with Gasteiger partial charge in [0.2, 0.25) is 5.91 Å². The summed E-state index contributed by atoms with van der Waals surface area (Å²) in [7, 11) is -3.59. The minimum Gasteiger partial charge on any atom is -0.493 e. The summed E-state index contributed by atoms with van der Waals surface area (Å²) in [5, 5.41) is 10.8. The molecule has 2 aliphatic heterocycles. The standard InChI is InChI=1S/C23H22ClN5O5S/c1-13-3-6-18(25-11-13)29-21(26-19(30)12-35(2,32)33)20-16(28-29)10-23(27-22(20)31)7-8-34-17-9-14(24)4-5-15(17)23/h3-6,9,11H,7-8,10,12H2,1-2H3,(H,26,30)(H,27,31)/t23-/m0/s1. The number of hydrogen-bond donors (Lipinski definition) is 2. The fraction of sp³-hybridized carbons (Fsp3) is 0.304. The van der Waals surface area contributed by atoms with E-state index in [2.05, 4.69) is 20.7 Å². The number of fused-ring (bicyclic) bond motifs is 3. The van der Waals surface area contributed by atoms with E-state index in [0.29, 0.717) is 41.7 Å². The van der Waals surface area contributed by atoms with Gasteiger partial charge in [-0.15, -0.1) is 0 Å². The highest BCUT2D eigenvalue weighted by atomic mass is 35.5. The number of amides is 2. The number of aryl methyl sites for hydroxylation is 1. The summed E-state index contributed by atoms with van der Waals surface area (Å²) in [5.74, 6) is -0.911. The topological polar surface area (TPSA) is 132 Å². The highest BCUT2D eigenvalue weighted by molar-refractivity contribution is 7.91. The number of carbonyl (C=O) groups excluding carboxylic acids is 2. The molecule has 12 heteroatoms. The zero-order valence-electron chi connectivity index (χ0n) is 19.0. The van der Waals surface area contributed by atoms with Crippen molar-refractivity contribution in [1.82, 2.24) is 20.1 Å². The molecule has 5 rings (SSSR count). The molecule has 0 radical (unpaired) electrons. The average Bonchev–Trinajstić information content (AvgIpc) is 3.11. The fourth-order valence-corrected chi connectivity index (χ4v) is 5.21. The molecule has 0 bridgehead atoms. The predicted molar refractivity (Wildman–Crippen MR) is 129 cm³/mol. The van der Waals surface area contributed by atoms with Crippen LogP contribution in [0.4, 0.5) is 5.82 Å². The van der Waals surface area contributed by atoms with Crippen LogP contribution in [0.3, 0.4) is 0 Å². The molecular weight excluding hydrogens is 494 g/mol. The van der Waals surface area contributed by atoms with Gasteiger partial charge in [0, 0.05) is 35.9 Å². The van der Waals surface area contributed by atoms with Crippen LogP contribution < -0.4 is 15.4 Å². The molecule has 1 aromatic carbocycles. The molecule has 3 aromatic rings. The minimum absolute atomic E-state index is 0.0701. The second-order valence-corrected chi connectivity index (χ2v) is 11.4. The van der Waals surface area contributed by atoms with Crippen molar-refractivity contribution in [2.45, 2.75) is 25.3 Å². The number of hydrogen-bond acceptors (Lipinski definition) is 7. The van der Waals surface area contributed by atoms with Crippen LogP contribution in [0.1, 0.15) is 33.6 Å². The summed E-state index contributed by atoms with van der Waals surface area (Å²) in [6.07, 6.45) is 3.45. The molecule has 2 aliphatic rings. The number of carbonyl (C=O) groups is 2. The second kappa shape index (κ2) is 8.35. The van der Waals surface area contributed by atoms with E-state index in [1.165, 1.54) is 4.68 Å². The van der Waals surface area contributed by atoms with Gasteiger partial charge in [0.25, 0.3) is 5.91 Å². The van der Waals surface area contributed by atoms with Crippen molar-refractivity contribution < 1.29 is 22.7 Å². The van der Waals surface area contributed by atoms with Crippen molar-refractivity contribution in [3.05, 3.63) is 63.9 Å². The number of halogens is 1. The summed E-state index contributed by atoms with van der Waals surface area (Å²) in [5.41, 5.74) is 1.56. The third-order valence-corrected chi connectivity index (χ3v) is 7.04. The molecule has 182 valence electrons. The van der Waals surface area contributed by atoms with Crippen LogP contribution in [0.25, 0.3) is 5.82 Å². The lowest BCUT2D eigenvalue weighted by molar-refractivity contribution is -0.113. The molecule has 2 N–H and O–H groups in total. The minimum atomic E-state index is -3.59. The Morgan fingerprint density at radius 3 is 2.83 bits per heavy atom. The third-order valence-electron chi connectivity index (χ3n) is 6.02. The van der Waals surface area contributed by atoms with E-state index in [-0.39, 0.29) is 11.4 Å². The van der Waals surface area contributed by atoms with E-state index in [1.807, 2.05) is 19.1 Å². The van der Waals surface area contributed by atoms with Crippen molar-refractivity contribution in [3.63, 3.8) is 0 Å². The van der Waals surface area contributed by atoms with Gasteiger partial charge in [-0.3, -0.25) is 9.59 Å². The Morgan fingerprint density at radius 1 is 1.31 bits per heavy atom. The van der Waals surface area contributed by atoms with E-state index >= 15 is 0 Å². The molecule has 0 saturated carbocycles. The first kappa shape index (κ1) is 23.3. The van der Waals surface area contributed by atoms with Crippen LogP contribution in [-0.2, 0) is 26.6 Å². The number of aromatic nitrogens is 3. The number of nitrogens with zero attached hydrogens (tertiary/aromatic N) is 3. The molecule has 2 aromatic heterocycles. The lowest BCUT2D eigenvalue weighted by Gasteiger charge is -2.41. The van der Waals surface area contributed by atoms with E-state index in [9.17, 15) is 18.0 Å². The average molecular weight is 516 g/mol. The lowest BCUT2D eigenvalue weighted by atomic mass is 9.77. The van der Waals surface area contributed by atoms with Gasteiger partial charge in [0.05, 0.1) is 17.8 Å². The molecular formula is C23H22ClN5O5S. The molecule has 35 heavy (non-hydrogen) atoms. The van der Waals surface area contributed by atoms with Crippen LogP contribution in [0.15, 0.2) is 36.5 Å². The summed E-state index contributed by atoms with van der Waals surface area (Å²) >= 11 is 6.14. The number of ether oxygens (including phenoxy) is 1. The first-order valence-corrected chi connectivity index (χ1v) is 13.3. The number of pyridine rings is 1. The first-order chi connectivity index (χ1) is 16.5. The summed E-state index contributed by atoms with van der Waals surface area (Å²) in [4.78, 5) is 30.4. The van der Waals surface area contributed by atoms with Gasteiger partial charge in [-0.2, -0.15) is 9.78 Å². The largest absolute Gasteiger partial charge is 0.493 e. The van der Waals surface area contributed by atoms with Crippen LogP contribution >= 0.6 is 11.6 Å². The molecule has 0 unspecified atom stereocenters. The Labute approximate surface area is 206 Å². The van der Waals surface area contributed by atoms with Gasteiger partial charge in [0.1, 0.15) is 17.1 Å². The zero-order chi connectivity index (χ0) is 25.0. The van der Waals surface area contributed by atoms with Crippen molar-refractivity contribution in [3.8, 4) is 11.6 Å². The van der Waals surface area contributed by atoms with Crippen molar-refractivity contribution in [2.24, 2.45) is 0 Å². The van der Waals surface area contributed by atoms with Gasteiger partial charge in [0.15, 0.2) is 21.5 Å². The van der Waals surface area contributed by atoms with Gasteiger partial charge in [-0.1, -0.05) is 23.7 Å². The van der Waals surface area contributed by atoms with Gasteiger partial charge < -0.3 is 15.4 Å². The maximum atomic E-state index is 13.5. The van der Waals surface area contributed by atoms with Crippen LogP contribution in [0.5, 0.6) is 5.75 Å². The number of rotatable bonds is 4. The summed E-state index contributed by atoms with van der Waals surface area (Å²) in [6.45, 7) is 2.26.